The molecule has 1 aliphatic rings. The molecule has 0 N–H and O–H groups in total. The SMILES string of the molecule is CCOc1ccc(N2C[C@@H](c3nc4ccccc4n3Cc3ccc(F)cc3)CC2=O)cc1. The number of para-hydroxylation sites is 2. The molecular formula is C26H24FN3O2. The lowest BCUT2D eigenvalue weighted by Gasteiger charge is -2.18. The Labute approximate surface area is 186 Å². The highest BCUT2D eigenvalue weighted by Gasteiger charge is 2.34. The first kappa shape index (κ1) is 20.2. The molecule has 1 fully saturated rings. The Bertz CT molecular complexity index is 1250. The molecule has 1 amide bonds. The Balaban J connectivity index is 1.46. The van der Waals surface area contributed by atoms with E-state index in [-0.39, 0.29) is 17.6 Å². The molecular weight excluding hydrogens is 405 g/mol. The number of amides is 1. The highest BCUT2D eigenvalue weighted by Crippen LogP contribution is 2.34. The van der Waals surface area contributed by atoms with Crippen molar-refractivity contribution in [3.63, 3.8) is 0 Å². The van der Waals surface area contributed by atoms with Gasteiger partial charge in [0.1, 0.15) is 17.4 Å². The van der Waals surface area contributed by atoms with Gasteiger partial charge in [0.2, 0.25) is 5.91 Å². The van der Waals surface area contributed by atoms with Crippen molar-refractivity contribution in [1.29, 1.82) is 0 Å². The lowest BCUT2D eigenvalue weighted by molar-refractivity contribution is -0.117. The Morgan fingerprint density at radius 1 is 1.03 bits per heavy atom. The average molecular weight is 429 g/mol. The fourth-order valence-corrected chi connectivity index (χ4v) is 4.36. The van der Waals surface area contributed by atoms with E-state index in [2.05, 4.69) is 4.57 Å². The number of benzene rings is 3. The number of halogens is 1. The zero-order chi connectivity index (χ0) is 22.1. The summed E-state index contributed by atoms with van der Waals surface area (Å²) in [7, 11) is 0. The van der Waals surface area contributed by atoms with Crippen molar-refractivity contribution < 1.29 is 13.9 Å². The summed E-state index contributed by atoms with van der Waals surface area (Å²) in [6.45, 7) is 3.69. The van der Waals surface area contributed by atoms with Crippen LogP contribution in [0.1, 0.15) is 30.7 Å². The van der Waals surface area contributed by atoms with Crippen molar-refractivity contribution in [3.05, 3.63) is 90.0 Å². The van der Waals surface area contributed by atoms with Gasteiger partial charge in [-0.1, -0.05) is 24.3 Å². The van der Waals surface area contributed by atoms with Crippen LogP contribution in [0, 0.1) is 5.82 Å². The third kappa shape index (κ3) is 3.84. The van der Waals surface area contributed by atoms with E-state index in [0.29, 0.717) is 26.1 Å². The molecule has 4 aromatic rings. The lowest BCUT2D eigenvalue weighted by Crippen LogP contribution is -2.24. The largest absolute Gasteiger partial charge is 0.494 e. The Hall–Kier alpha value is -3.67. The zero-order valence-corrected chi connectivity index (χ0v) is 17.9. The van der Waals surface area contributed by atoms with Crippen molar-refractivity contribution in [2.45, 2.75) is 25.8 Å². The monoisotopic (exact) mass is 429 g/mol. The fraction of sp³-hybridized carbons (Fsp3) is 0.231. The van der Waals surface area contributed by atoms with Gasteiger partial charge in [-0.2, -0.15) is 0 Å². The molecule has 0 spiro atoms. The van der Waals surface area contributed by atoms with Crippen LogP contribution in [-0.4, -0.2) is 28.6 Å². The predicted molar refractivity (Wildman–Crippen MR) is 123 cm³/mol. The van der Waals surface area contributed by atoms with Crippen LogP contribution in [0.15, 0.2) is 72.8 Å². The second kappa shape index (κ2) is 8.46. The van der Waals surface area contributed by atoms with Gasteiger partial charge in [-0.3, -0.25) is 4.79 Å². The zero-order valence-electron chi connectivity index (χ0n) is 17.9. The summed E-state index contributed by atoms with van der Waals surface area (Å²) in [5.41, 5.74) is 3.76. The third-order valence-electron chi connectivity index (χ3n) is 5.89. The third-order valence-corrected chi connectivity index (χ3v) is 5.89. The standard InChI is InChI=1S/C26H24FN3O2/c1-2-32-22-13-11-21(12-14-22)29-17-19(15-25(29)31)26-28-23-5-3-4-6-24(23)30(26)16-18-7-9-20(27)10-8-18/h3-14,19H,2,15-17H2,1H3/t19-/m0/s1. The summed E-state index contributed by atoms with van der Waals surface area (Å²) in [5, 5.41) is 0. The molecule has 0 bridgehead atoms. The number of carbonyl (C=O) groups is 1. The van der Waals surface area contributed by atoms with Crippen LogP contribution >= 0.6 is 0 Å². The minimum atomic E-state index is -0.253. The fourth-order valence-electron chi connectivity index (χ4n) is 4.36. The van der Waals surface area contributed by atoms with Gasteiger partial charge >= 0.3 is 0 Å². The van der Waals surface area contributed by atoms with E-state index in [1.165, 1.54) is 12.1 Å². The summed E-state index contributed by atoms with van der Waals surface area (Å²) in [6, 6.07) is 22.1. The number of ether oxygens (including phenoxy) is 1. The molecule has 1 atom stereocenters. The van der Waals surface area contributed by atoms with Crippen LogP contribution in [0.4, 0.5) is 10.1 Å². The van der Waals surface area contributed by atoms with E-state index in [1.807, 2.05) is 60.4 Å². The van der Waals surface area contributed by atoms with E-state index in [0.717, 1.165) is 33.9 Å². The van der Waals surface area contributed by atoms with Gasteiger partial charge in [0.15, 0.2) is 0 Å². The molecule has 5 rings (SSSR count). The minimum absolute atomic E-state index is 0.0260. The molecule has 1 aliphatic heterocycles. The van der Waals surface area contributed by atoms with Gasteiger partial charge < -0.3 is 14.2 Å². The second-order valence-electron chi connectivity index (χ2n) is 8.00. The maximum absolute atomic E-state index is 13.4. The van der Waals surface area contributed by atoms with Crippen LogP contribution in [0.5, 0.6) is 5.75 Å². The highest BCUT2D eigenvalue weighted by atomic mass is 19.1. The first-order valence-electron chi connectivity index (χ1n) is 10.8. The van der Waals surface area contributed by atoms with Crippen molar-refractivity contribution in [1.82, 2.24) is 9.55 Å². The van der Waals surface area contributed by atoms with Gasteiger partial charge in [-0.15, -0.1) is 0 Å². The van der Waals surface area contributed by atoms with Gasteiger partial charge in [0.05, 0.1) is 17.6 Å². The molecule has 5 nitrogen and oxygen atoms in total. The molecule has 1 aromatic heterocycles. The predicted octanol–water partition coefficient (Wildman–Crippen LogP) is 5.14. The van der Waals surface area contributed by atoms with Crippen LogP contribution in [0.3, 0.4) is 0 Å². The van der Waals surface area contributed by atoms with E-state index < -0.39 is 0 Å². The van der Waals surface area contributed by atoms with Crippen LogP contribution < -0.4 is 9.64 Å². The molecule has 6 heteroatoms. The summed E-state index contributed by atoms with van der Waals surface area (Å²) in [4.78, 5) is 19.6. The number of fused-ring (bicyclic) bond motifs is 1. The van der Waals surface area contributed by atoms with Crippen molar-refractivity contribution in [2.75, 3.05) is 18.1 Å². The minimum Gasteiger partial charge on any atom is -0.494 e. The van der Waals surface area contributed by atoms with E-state index >= 15 is 0 Å². The lowest BCUT2D eigenvalue weighted by atomic mass is 10.1. The first-order chi connectivity index (χ1) is 15.6. The van der Waals surface area contributed by atoms with Gasteiger partial charge in [0, 0.05) is 31.1 Å². The van der Waals surface area contributed by atoms with Crippen LogP contribution in [0.2, 0.25) is 0 Å². The first-order valence-corrected chi connectivity index (χ1v) is 10.8. The van der Waals surface area contributed by atoms with Gasteiger partial charge in [0.25, 0.3) is 0 Å². The van der Waals surface area contributed by atoms with Gasteiger partial charge in [-0.25, -0.2) is 9.37 Å². The van der Waals surface area contributed by atoms with E-state index in [9.17, 15) is 9.18 Å². The number of imidazole rings is 1. The molecule has 32 heavy (non-hydrogen) atoms. The molecule has 0 saturated carbocycles. The maximum atomic E-state index is 13.4. The summed E-state index contributed by atoms with van der Waals surface area (Å²) >= 11 is 0. The number of rotatable bonds is 6. The highest BCUT2D eigenvalue weighted by molar-refractivity contribution is 5.96. The molecule has 1 saturated heterocycles. The van der Waals surface area contributed by atoms with Crippen LogP contribution in [0.25, 0.3) is 11.0 Å². The molecule has 0 unspecified atom stereocenters. The maximum Gasteiger partial charge on any atom is 0.227 e. The number of hydrogen-bond donors (Lipinski definition) is 0. The number of nitrogens with zero attached hydrogens (tertiary/aromatic N) is 3. The number of aromatic nitrogens is 2. The molecule has 162 valence electrons. The van der Waals surface area contributed by atoms with E-state index in [1.54, 1.807) is 12.1 Å². The van der Waals surface area contributed by atoms with Gasteiger partial charge in [-0.05, 0) is 61.0 Å². The number of carbonyl (C=O) groups excluding carboxylic acids is 1. The topological polar surface area (TPSA) is 47.4 Å². The van der Waals surface area contributed by atoms with Crippen molar-refractivity contribution >= 4 is 22.6 Å². The smallest absolute Gasteiger partial charge is 0.227 e. The van der Waals surface area contributed by atoms with Crippen molar-refractivity contribution in [2.24, 2.45) is 0 Å². The average Bonchev–Trinajstić information content (AvgIpc) is 3.37. The van der Waals surface area contributed by atoms with Crippen LogP contribution in [-0.2, 0) is 11.3 Å². The van der Waals surface area contributed by atoms with Crippen molar-refractivity contribution in [3.8, 4) is 5.75 Å². The number of anilines is 1. The molecule has 2 heterocycles. The summed E-state index contributed by atoms with van der Waals surface area (Å²) < 4.78 is 21.1. The normalized spacial score (nSPS) is 16.1. The van der Waals surface area contributed by atoms with E-state index in [4.69, 9.17) is 9.72 Å². The Morgan fingerprint density at radius 2 is 1.78 bits per heavy atom. The molecule has 0 aliphatic carbocycles. The molecule has 3 aromatic carbocycles. The quantitative estimate of drug-likeness (QED) is 0.426. The second-order valence-corrected chi connectivity index (χ2v) is 8.00. The Kier molecular flexibility index (Phi) is 5.35. The summed E-state index contributed by atoms with van der Waals surface area (Å²) in [5.74, 6) is 1.48. The summed E-state index contributed by atoms with van der Waals surface area (Å²) in [6.07, 6.45) is 0.403. The number of hydrogen-bond acceptors (Lipinski definition) is 3. The molecule has 0 radical (unpaired) electrons. The Morgan fingerprint density at radius 3 is 2.53 bits per heavy atom.